The summed E-state index contributed by atoms with van der Waals surface area (Å²) < 4.78 is 5.82. The summed E-state index contributed by atoms with van der Waals surface area (Å²) in [5.74, 6) is 1.59. The number of nitrogens with one attached hydrogen (secondary N) is 1. The van der Waals surface area contributed by atoms with E-state index in [2.05, 4.69) is 15.3 Å². The number of benzene rings is 2. The number of hydrogen-bond acceptors (Lipinski definition) is 4. The molecule has 0 unspecified atom stereocenters. The van der Waals surface area contributed by atoms with E-state index in [0.717, 1.165) is 28.2 Å². The van der Waals surface area contributed by atoms with E-state index in [1.807, 2.05) is 62.4 Å². The Morgan fingerprint density at radius 1 is 0.955 bits per heavy atom. The molecule has 5 heteroatoms. The van der Waals surface area contributed by atoms with Crippen LogP contribution in [0.15, 0.2) is 54.9 Å². The lowest BCUT2D eigenvalue weighted by atomic mass is 10.2. The van der Waals surface area contributed by atoms with Crippen molar-refractivity contribution in [2.45, 2.75) is 20.0 Å². The summed E-state index contributed by atoms with van der Waals surface area (Å²) in [5.41, 5.74) is 1.81. The van der Waals surface area contributed by atoms with Crippen molar-refractivity contribution in [1.29, 1.82) is 0 Å². The Hall–Kier alpha value is -2.33. The number of rotatable bonds is 4. The zero-order chi connectivity index (χ0) is 14.7. The minimum atomic E-state index is 0. The normalized spacial score (nSPS) is 10.3. The van der Waals surface area contributed by atoms with Crippen LogP contribution in [-0.4, -0.2) is 16.1 Å². The second-order valence-electron chi connectivity index (χ2n) is 5.03. The number of halogens is 1. The average Bonchev–Trinajstić information content (AvgIpc) is 2.49. The molecule has 0 fully saturated rings. The molecule has 0 spiro atoms. The van der Waals surface area contributed by atoms with Gasteiger partial charge in [-0.2, -0.15) is 0 Å². The standard InChI is InChI=1S/C17H17N3O.ClH/c1-12(2)21-16-10-6-5-9-15(16)20-17-13-7-3-4-8-14(13)18-11-19-17;/h3-12H,1-2H3,(H,18,19,20);1H. The first-order valence-corrected chi connectivity index (χ1v) is 6.96. The van der Waals surface area contributed by atoms with Crippen molar-refractivity contribution in [3.63, 3.8) is 0 Å². The zero-order valence-electron chi connectivity index (χ0n) is 12.5. The molecule has 1 heterocycles. The van der Waals surface area contributed by atoms with Gasteiger partial charge in [0.25, 0.3) is 0 Å². The zero-order valence-corrected chi connectivity index (χ0v) is 13.3. The molecule has 1 aromatic heterocycles. The van der Waals surface area contributed by atoms with Gasteiger partial charge in [0.15, 0.2) is 0 Å². The van der Waals surface area contributed by atoms with Gasteiger partial charge in [0.05, 0.1) is 17.3 Å². The van der Waals surface area contributed by atoms with E-state index in [1.54, 1.807) is 6.33 Å². The Balaban J connectivity index is 0.00000176. The van der Waals surface area contributed by atoms with Crippen molar-refractivity contribution in [2.75, 3.05) is 5.32 Å². The molecule has 3 rings (SSSR count). The lowest BCUT2D eigenvalue weighted by Crippen LogP contribution is -2.07. The molecule has 114 valence electrons. The van der Waals surface area contributed by atoms with Crippen molar-refractivity contribution in [3.8, 4) is 5.75 Å². The summed E-state index contributed by atoms with van der Waals surface area (Å²) in [6.07, 6.45) is 1.69. The molecule has 0 aliphatic carbocycles. The largest absolute Gasteiger partial charge is 0.489 e. The molecule has 0 saturated heterocycles. The third-order valence-corrected chi connectivity index (χ3v) is 3.05. The Morgan fingerprint density at radius 2 is 1.68 bits per heavy atom. The van der Waals surface area contributed by atoms with Crippen LogP contribution in [0.1, 0.15) is 13.8 Å². The van der Waals surface area contributed by atoms with Crippen LogP contribution >= 0.6 is 12.4 Å². The highest BCUT2D eigenvalue weighted by Gasteiger charge is 2.08. The maximum absolute atomic E-state index is 5.82. The average molecular weight is 316 g/mol. The highest BCUT2D eigenvalue weighted by Crippen LogP contribution is 2.29. The van der Waals surface area contributed by atoms with Crippen LogP contribution in [-0.2, 0) is 0 Å². The van der Waals surface area contributed by atoms with Gasteiger partial charge in [-0.3, -0.25) is 0 Å². The molecule has 0 amide bonds. The molecule has 0 aliphatic rings. The van der Waals surface area contributed by atoms with Gasteiger partial charge in [0.1, 0.15) is 17.9 Å². The Kier molecular flexibility index (Phi) is 5.17. The number of ether oxygens (including phenoxy) is 1. The highest BCUT2D eigenvalue weighted by atomic mass is 35.5. The number of fused-ring (bicyclic) bond motifs is 1. The smallest absolute Gasteiger partial charge is 0.143 e. The third-order valence-electron chi connectivity index (χ3n) is 3.05. The highest BCUT2D eigenvalue weighted by molar-refractivity contribution is 5.90. The van der Waals surface area contributed by atoms with Crippen LogP contribution in [0.25, 0.3) is 10.9 Å². The van der Waals surface area contributed by atoms with E-state index >= 15 is 0 Å². The Morgan fingerprint density at radius 3 is 2.50 bits per heavy atom. The predicted molar refractivity (Wildman–Crippen MR) is 92.3 cm³/mol. The molecule has 0 atom stereocenters. The maximum Gasteiger partial charge on any atom is 0.143 e. The maximum atomic E-state index is 5.82. The van der Waals surface area contributed by atoms with Crippen molar-refractivity contribution in [3.05, 3.63) is 54.9 Å². The summed E-state index contributed by atoms with van der Waals surface area (Å²) in [7, 11) is 0. The van der Waals surface area contributed by atoms with Crippen LogP contribution < -0.4 is 10.1 Å². The summed E-state index contributed by atoms with van der Waals surface area (Å²) in [6.45, 7) is 4.02. The quantitative estimate of drug-likeness (QED) is 0.765. The van der Waals surface area contributed by atoms with E-state index in [-0.39, 0.29) is 18.5 Å². The van der Waals surface area contributed by atoms with Crippen molar-refractivity contribution >= 4 is 34.8 Å². The predicted octanol–water partition coefficient (Wildman–Crippen LogP) is 4.58. The van der Waals surface area contributed by atoms with Crippen molar-refractivity contribution in [2.24, 2.45) is 0 Å². The number of aromatic nitrogens is 2. The van der Waals surface area contributed by atoms with Gasteiger partial charge in [0, 0.05) is 5.39 Å². The van der Waals surface area contributed by atoms with E-state index in [1.165, 1.54) is 0 Å². The van der Waals surface area contributed by atoms with Crippen LogP contribution in [0.2, 0.25) is 0 Å². The summed E-state index contributed by atoms with van der Waals surface area (Å²) in [6, 6.07) is 15.8. The van der Waals surface area contributed by atoms with Crippen LogP contribution in [0.5, 0.6) is 5.75 Å². The number of hydrogen-bond donors (Lipinski definition) is 1. The van der Waals surface area contributed by atoms with Crippen LogP contribution in [0.4, 0.5) is 11.5 Å². The van der Waals surface area contributed by atoms with E-state index in [9.17, 15) is 0 Å². The van der Waals surface area contributed by atoms with Gasteiger partial charge in [0.2, 0.25) is 0 Å². The van der Waals surface area contributed by atoms with Crippen molar-refractivity contribution in [1.82, 2.24) is 9.97 Å². The molecule has 0 radical (unpaired) electrons. The fraction of sp³-hybridized carbons (Fsp3) is 0.176. The van der Waals surface area contributed by atoms with Gasteiger partial charge < -0.3 is 10.1 Å². The molecule has 3 aromatic rings. The topological polar surface area (TPSA) is 47.0 Å². The fourth-order valence-corrected chi connectivity index (χ4v) is 2.16. The Labute approximate surface area is 136 Å². The fourth-order valence-electron chi connectivity index (χ4n) is 2.16. The third kappa shape index (κ3) is 3.46. The van der Waals surface area contributed by atoms with Gasteiger partial charge in [-0.15, -0.1) is 12.4 Å². The molecule has 1 N–H and O–H groups in total. The molecular weight excluding hydrogens is 298 g/mol. The lowest BCUT2D eigenvalue weighted by Gasteiger charge is -2.15. The first kappa shape index (κ1) is 16.0. The van der Waals surface area contributed by atoms with Crippen LogP contribution in [0.3, 0.4) is 0 Å². The minimum absolute atomic E-state index is 0. The van der Waals surface area contributed by atoms with Gasteiger partial charge in [-0.1, -0.05) is 24.3 Å². The van der Waals surface area contributed by atoms with E-state index < -0.39 is 0 Å². The van der Waals surface area contributed by atoms with Crippen molar-refractivity contribution < 1.29 is 4.74 Å². The number of anilines is 2. The summed E-state index contributed by atoms with van der Waals surface area (Å²) in [5, 5.41) is 4.33. The monoisotopic (exact) mass is 315 g/mol. The second kappa shape index (κ2) is 7.09. The van der Waals surface area contributed by atoms with Crippen LogP contribution in [0, 0.1) is 0 Å². The lowest BCUT2D eigenvalue weighted by molar-refractivity contribution is 0.244. The molecule has 0 aliphatic heterocycles. The van der Waals surface area contributed by atoms with Gasteiger partial charge in [-0.25, -0.2) is 9.97 Å². The first-order chi connectivity index (χ1) is 10.2. The Bertz CT molecular complexity index is 756. The second-order valence-corrected chi connectivity index (χ2v) is 5.03. The number of nitrogens with zero attached hydrogens (tertiary/aromatic N) is 2. The minimum Gasteiger partial charge on any atom is -0.489 e. The van der Waals surface area contributed by atoms with E-state index in [0.29, 0.717) is 0 Å². The van der Waals surface area contributed by atoms with Gasteiger partial charge in [-0.05, 0) is 38.1 Å². The molecule has 2 aromatic carbocycles. The van der Waals surface area contributed by atoms with E-state index in [4.69, 9.17) is 4.74 Å². The molecule has 22 heavy (non-hydrogen) atoms. The molecule has 0 saturated carbocycles. The summed E-state index contributed by atoms with van der Waals surface area (Å²) in [4.78, 5) is 8.62. The molecule has 0 bridgehead atoms. The first-order valence-electron chi connectivity index (χ1n) is 6.96. The number of para-hydroxylation sites is 3. The SMILES string of the molecule is CC(C)Oc1ccccc1Nc1ncnc2ccccc12.Cl. The summed E-state index contributed by atoms with van der Waals surface area (Å²) >= 11 is 0. The van der Waals surface area contributed by atoms with Gasteiger partial charge >= 0.3 is 0 Å². The molecule has 4 nitrogen and oxygen atoms in total. The molecular formula is C17H18ClN3O.